The van der Waals surface area contributed by atoms with E-state index < -0.39 is 0 Å². The number of ether oxygens (including phenoxy) is 1. The summed E-state index contributed by atoms with van der Waals surface area (Å²) in [6.45, 7) is 5.40. The van der Waals surface area contributed by atoms with Crippen molar-refractivity contribution in [3.63, 3.8) is 0 Å². The number of aromatic nitrogens is 2. The molecule has 2 aromatic rings. The van der Waals surface area contributed by atoms with E-state index in [4.69, 9.17) is 14.3 Å². The Labute approximate surface area is 123 Å². The molecule has 0 atom stereocenters. The quantitative estimate of drug-likeness (QED) is 0.746. The van der Waals surface area contributed by atoms with Crippen molar-refractivity contribution in [1.82, 2.24) is 15.1 Å². The monoisotopic (exact) mass is 289 g/mol. The molecule has 21 heavy (non-hydrogen) atoms. The van der Waals surface area contributed by atoms with Crippen LogP contribution in [0.3, 0.4) is 0 Å². The number of aliphatic hydroxyl groups excluding tert-OH is 1. The SMILES string of the molecule is C=CCN(CCO)Cc1nnc(-c2ccccc2OC)o1. The maximum absolute atomic E-state index is 9.03. The van der Waals surface area contributed by atoms with Crippen molar-refractivity contribution in [2.75, 3.05) is 26.8 Å². The van der Waals surface area contributed by atoms with Crippen LogP contribution in [0.2, 0.25) is 0 Å². The van der Waals surface area contributed by atoms with Crippen molar-refractivity contribution in [2.45, 2.75) is 6.54 Å². The first-order chi connectivity index (χ1) is 10.3. The molecule has 0 unspecified atom stereocenters. The fourth-order valence-electron chi connectivity index (χ4n) is 2.00. The number of nitrogens with zero attached hydrogens (tertiary/aromatic N) is 3. The van der Waals surface area contributed by atoms with Crippen molar-refractivity contribution in [3.8, 4) is 17.2 Å². The molecule has 1 aromatic heterocycles. The van der Waals surface area contributed by atoms with E-state index in [0.717, 1.165) is 5.56 Å². The number of aliphatic hydroxyl groups is 1. The molecule has 0 radical (unpaired) electrons. The highest BCUT2D eigenvalue weighted by Gasteiger charge is 2.14. The van der Waals surface area contributed by atoms with Gasteiger partial charge in [0.25, 0.3) is 5.89 Å². The third kappa shape index (κ3) is 3.90. The summed E-state index contributed by atoms with van der Waals surface area (Å²) in [7, 11) is 1.60. The van der Waals surface area contributed by atoms with Gasteiger partial charge in [0.05, 0.1) is 25.8 Å². The molecule has 1 aromatic carbocycles. The number of para-hydroxylation sites is 1. The predicted octanol–water partition coefficient (Wildman–Crippen LogP) is 1.73. The van der Waals surface area contributed by atoms with Gasteiger partial charge in [0, 0.05) is 13.1 Å². The molecule has 0 saturated heterocycles. The minimum Gasteiger partial charge on any atom is -0.496 e. The molecule has 6 heteroatoms. The summed E-state index contributed by atoms with van der Waals surface area (Å²) in [4.78, 5) is 1.96. The van der Waals surface area contributed by atoms with Crippen LogP contribution in [0.1, 0.15) is 5.89 Å². The molecule has 0 amide bonds. The van der Waals surface area contributed by atoms with Crippen molar-refractivity contribution >= 4 is 0 Å². The van der Waals surface area contributed by atoms with Crippen LogP contribution < -0.4 is 4.74 Å². The van der Waals surface area contributed by atoms with Crippen LogP contribution in [0, 0.1) is 0 Å². The van der Waals surface area contributed by atoms with E-state index in [1.807, 2.05) is 29.2 Å². The largest absolute Gasteiger partial charge is 0.496 e. The zero-order valence-corrected chi connectivity index (χ0v) is 12.0. The highest BCUT2D eigenvalue weighted by molar-refractivity contribution is 5.62. The van der Waals surface area contributed by atoms with Gasteiger partial charge in [-0.15, -0.1) is 16.8 Å². The van der Waals surface area contributed by atoms with E-state index in [9.17, 15) is 0 Å². The Hall–Kier alpha value is -2.18. The van der Waals surface area contributed by atoms with Crippen molar-refractivity contribution in [3.05, 3.63) is 42.8 Å². The van der Waals surface area contributed by atoms with Crippen LogP contribution >= 0.6 is 0 Å². The molecule has 0 spiro atoms. The van der Waals surface area contributed by atoms with Gasteiger partial charge in [-0.25, -0.2) is 0 Å². The lowest BCUT2D eigenvalue weighted by molar-refractivity contribution is 0.192. The summed E-state index contributed by atoms with van der Waals surface area (Å²) in [5.41, 5.74) is 0.760. The minimum absolute atomic E-state index is 0.0708. The highest BCUT2D eigenvalue weighted by atomic mass is 16.5. The lowest BCUT2D eigenvalue weighted by Crippen LogP contribution is -2.26. The number of hydrogen-bond donors (Lipinski definition) is 1. The van der Waals surface area contributed by atoms with Crippen LogP contribution in [0.25, 0.3) is 11.5 Å². The fraction of sp³-hybridized carbons (Fsp3) is 0.333. The average Bonchev–Trinajstić information content (AvgIpc) is 2.96. The molecule has 1 heterocycles. The highest BCUT2D eigenvalue weighted by Crippen LogP contribution is 2.28. The van der Waals surface area contributed by atoms with Crippen LogP contribution in [0.4, 0.5) is 0 Å². The minimum atomic E-state index is 0.0708. The second-order valence-electron chi connectivity index (χ2n) is 4.45. The molecule has 0 saturated carbocycles. The number of hydrogen-bond acceptors (Lipinski definition) is 6. The zero-order valence-electron chi connectivity index (χ0n) is 12.0. The van der Waals surface area contributed by atoms with Gasteiger partial charge in [-0.05, 0) is 12.1 Å². The third-order valence-electron chi connectivity index (χ3n) is 2.97. The second-order valence-corrected chi connectivity index (χ2v) is 4.45. The summed E-state index contributed by atoms with van der Waals surface area (Å²) in [5, 5.41) is 17.1. The molecule has 0 aliphatic rings. The van der Waals surface area contributed by atoms with E-state index in [1.165, 1.54) is 0 Å². The first kappa shape index (κ1) is 15.2. The number of methoxy groups -OCH3 is 1. The van der Waals surface area contributed by atoms with Crippen LogP contribution in [-0.2, 0) is 6.54 Å². The standard InChI is InChI=1S/C15H19N3O3/c1-3-8-18(9-10-19)11-14-16-17-15(21-14)12-6-4-5-7-13(12)20-2/h3-7,19H,1,8-11H2,2H3. The van der Waals surface area contributed by atoms with Gasteiger partial charge >= 0.3 is 0 Å². The molecule has 2 rings (SSSR count). The van der Waals surface area contributed by atoms with Crippen molar-refractivity contribution < 1.29 is 14.3 Å². The molecular weight excluding hydrogens is 270 g/mol. The van der Waals surface area contributed by atoms with Gasteiger partial charge in [0.15, 0.2) is 0 Å². The predicted molar refractivity (Wildman–Crippen MR) is 78.8 cm³/mol. The maximum atomic E-state index is 9.03. The van der Waals surface area contributed by atoms with Gasteiger partial charge in [-0.1, -0.05) is 18.2 Å². The van der Waals surface area contributed by atoms with Gasteiger partial charge in [0.2, 0.25) is 5.89 Å². The molecule has 0 bridgehead atoms. The fourth-order valence-corrected chi connectivity index (χ4v) is 2.00. The van der Waals surface area contributed by atoms with E-state index in [0.29, 0.717) is 37.2 Å². The first-order valence-electron chi connectivity index (χ1n) is 6.68. The van der Waals surface area contributed by atoms with Gasteiger partial charge < -0.3 is 14.3 Å². The van der Waals surface area contributed by atoms with Crippen molar-refractivity contribution in [1.29, 1.82) is 0 Å². The summed E-state index contributed by atoms with van der Waals surface area (Å²) >= 11 is 0. The Morgan fingerprint density at radius 2 is 2.19 bits per heavy atom. The van der Waals surface area contributed by atoms with E-state index >= 15 is 0 Å². The molecule has 0 aliphatic heterocycles. The van der Waals surface area contributed by atoms with Crippen molar-refractivity contribution in [2.24, 2.45) is 0 Å². The molecule has 0 fully saturated rings. The van der Waals surface area contributed by atoms with Gasteiger partial charge in [0.1, 0.15) is 5.75 Å². The summed E-state index contributed by atoms with van der Waals surface area (Å²) in [5.74, 6) is 1.60. The normalized spacial score (nSPS) is 10.8. The number of benzene rings is 1. The van der Waals surface area contributed by atoms with E-state index in [1.54, 1.807) is 13.2 Å². The van der Waals surface area contributed by atoms with Crippen LogP contribution in [0.5, 0.6) is 5.75 Å². The van der Waals surface area contributed by atoms with E-state index in [-0.39, 0.29) is 6.61 Å². The average molecular weight is 289 g/mol. The third-order valence-corrected chi connectivity index (χ3v) is 2.97. The van der Waals surface area contributed by atoms with Crippen LogP contribution in [0.15, 0.2) is 41.3 Å². The Balaban J connectivity index is 2.15. The summed E-state index contributed by atoms with van der Waals surface area (Å²) in [6, 6.07) is 7.48. The van der Waals surface area contributed by atoms with E-state index in [2.05, 4.69) is 16.8 Å². The molecule has 1 N–H and O–H groups in total. The van der Waals surface area contributed by atoms with Gasteiger partial charge in [-0.2, -0.15) is 0 Å². The Morgan fingerprint density at radius 1 is 1.38 bits per heavy atom. The second kappa shape index (κ2) is 7.56. The summed E-state index contributed by atoms with van der Waals surface area (Å²) in [6.07, 6.45) is 1.77. The molecule has 6 nitrogen and oxygen atoms in total. The zero-order chi connectivity index (χ0) is 15.1. The Kier molecular flexibility index (Phi) is 5.48. The first-order valence-corrected chi connectivity index (χ1v) is 6.68. The lowest BCUT2D eigenvalue weighted by atomic mass is 10.2. The number of rotatable bonds is 8. The van der Waals surface area contributed by atoms with Crippen LogP contribution in [-0.4, -0.2) is 47.0 Å². The Morgan fingerprint density at radius 3 is 2.90 bits per heavy atom. The Bertz CT molecular complexity index is 583. The molecule has 0 aliphatic carbocycles. The van der Waals surface area contributed by atoms with Gasteiger partial charge in [-0.3, -0.25) is 4.90 Å². The lowest BCUT2D eigenvalue weighted by Gasteiger charge is -2.16. The maximum Gasteiger partial charge on any atom is 0.251 e. The summed E-state index contributed by atoms with van der Waals surface area (Å²) < 4.78 is 11.0. The molecule has 112 valence electrons. The molecular formula is C15H19N3O3. The topological polar surface area (TPSA) is 71.6 Å². The smallest absolute Gasteiger partial charge is 0.251 e.